The van der Waals surface area contributed by atoms with Crippen LogP contribution in [0.5, 0.6) is 0 Å². The molecule has 26 heavy (non-hydrogen) atoms. The Morgan fingerprint density at radius 2 is 1.88 bits per heavy atom. The SMILES string of the molecule is CC(F)(F)c1ccnc(N2CC3C2CN3c2ncc(C(=O)NO)cn2)c1. The van der Waals surface area contributed by atoms with Crippen molar-refractivity contribution in [3.05, 3.63) is 41.9 Å². The number of hydroxylamine groups is 1. The van der Waals surface area contributed by atoms with Crippen molar-refractivity contribution in [1.29, 1.82) is 0 Å². The average Bonchev–Trinajstić information content (AvgIpc) is 2.62. The second kappa shape index (κ2) is 5.84. The van der Waals surface area contributed by atoms with Crippen LogP contribution in [0.3, 0.4) is 0 Å². The predicted octanol–water partition coefficient (Wildman–Crippen LogP) is 1.18. The number of hydrogen-bond donors (Lipinski definition) is 2. The van der Waals surface area contributed by atoms with E-state index < -0.39 is 11.8 Å². The molecule has 2 fully saturated rings. The number of pyridine rings is 1. The summed E-state index contributed by atoms with van der Waals surface area (Å²) in [6.07, 6.45) is 4.08. The third-order valence-electron chi connectivity index (χ3n) is 4.82. The van der Waals surface area contributed by atoms with Gasteiger partial charge in [-0.05, 0) is 12.1 Å². The first kappa shape index (κ1) is 16.6. The molecule has 0 aromatic carbocycles. The van der Waals surface area contributed by atoms with Crippen molar-refractivity contribution in [3.63, 3.8) is 0 Å². The van der Waals surface area contributed by atoms with Crippen molar-refractivity contribution in [2.45, 2.75) is 24.9 Å². The van der Waals surface area contributed by atoms with Crippen molar-refractivity contribution in [2.75, 3.05) is 22.9 Å². The number of nitrogens with zero attached hydrogens (tertiary/aromatic N) is 5. The molecule has 2 aromatic heterocycles. The Balaban J connectivity index is 1.43. The Labute approximate surface area is 147 Å². The zero-order valence-corrected chi connectivity index (χ0v) is 13.8. The molecule has 2 aliphatic rings. The lowest BCUT2D eigenvalue weighted by molar-refractivity contribution is 0.0174. The smallest absolute Gasteiger partial charge is 0.277 e. The highest BCUT2D eigenvalue weighted by Gasteiger charge is 2.53. The highest BCUT2D eigenvalue weighted by atomic mass is 19.3. The van der Waals surface area contributed by atoms with Crippen LogP contribution in [0.2, 0.25) is 0 Å². The Bertz CT molecular complexity index is 841. The first-order chi connectivity index (χ1) is 12.4. The van der Waals surface area contributed by atoms with Crippen molar-refractivity contribution >= 4 is 17.7 Å². The lowest BCUT2D eigenvalue weighted by Crippen LogP contribution is -2.80. The summed E-state index contributed by atoms with van der Waals surface area (Å²) in [4.78, 5) is 27.7. The maximum absolute atomic E-state index is 13.5. The minimum Gasteiger partial charge on any atom is -0.348 e. The monoisotopic (exact) mass is 362 g/mol. The first-order valence-electron chi connectivity index (χ1n) is 8.02. The number of aromatic nitrogens is 3. The molecule has 0 aliphatic carbocycles. The molecule has 4 heterocycles. The van der Waals surface area contributed by atoms with Crippen LogP contribution in [0.15, 0.2) is 30.7 Å². The van der Waals surface area contributed by atoms with E-state index >= 15 is 0 Å². The Hall–Kier alpha value is -2.88. The van der Waals surface area contributed by atoms with Crippen molar-refractivity contribution in [2.24, 2.45) is 0 Å². The molecular formula is C16H16F2N6O2. The molecule has 2 N–H and O–H groups in total. The number of alkyl halides is 2. The van der Waals surface area contributed by atoms with Crippen LogP contribution in [0.25, 0.3) is 0 Å². The lowest BCUT2D eigenvalue weighted by atomic mass is 9.85. The van der Waals surface area contributed by atoms with Gasteiger partial charge in [0.25, 0.3) is 11.8 Å². The van der Waals surface area contributed by atoms with Crippen LogP contribution >= 0.6 is 0 Å². The third kappa shape index (κ3) is 2.62. The van der Waals surface area contributed by atoms with Crippen LogP contribution in [0.4, 0.5) is 20.5 Å². The van der Waals surface area contributed by atoms with Crippen LogP contribution in [-0.2, 0) is 5.92 Å². The number of nitrogens with one attached hydrogen (secondary N) is 1. The van der Waals surface area contributed by atoms with Gasteiger partial charge in [0.2, 0.25) is 5.95 Å². The summed E-state index contributed by atoms with van der Waals surface area (Å²) in [6.45, 7) is 2.15. The standard InChI is InChI=1S/C16H16F2N6O2/c1-16(17,18)10-2-3-19-13(4-10)23-7-12-11(23)8-24(12)15-20-5-9(6-21-15)14(25)22-26/h2-6,11-12,26H,7-8H2,1H3,(H,22,25). The van der Waals surface area contributed by atoms with E-state index in [0.29, 0.717) is 24.9 Å². The van der Waals surface area contributed by atoms with Crippen LogP contribution in [-0.4, -0.2) is 51.2 Å². The minimum absolute atomic E-state index is 0.0526. The zero-order valence-electron chi connectivity index (χ0n) is 13.8. The van der Waals surface area contributed by atoms with Gasteiger partial charge in [-0.2, -0.15) is 0 Å². The van der Waals surface area contributed by atoms with Gasteiger partial charge in [0.05, 0.1) is 17.6 Å². The van der Waals surface area contributed by atoms with Gasteiger partial charge in [-0.25, -0.2) is 29.2 Å². The molecule has 2 saturated heterocycles. The van der Waals surface area contributed by atoms with Crippen LogP contribution < -0.4 is 15.3 Å². The highest BCUT2D eigenvalue weighted by molar-refractivity contribution is 5.92. The maximum atomic E-state index is 13.5. The van der Waals surface area contributed by atoms with Gasteiger partial charge >= 0.3 is 0 Å². The van der Waals surface area contributed by atoms with Gasteiger partial charge in [0.15, 0.2) is 0 Å². The molecule has 0 radical (unpaired) electrons. The molecule has 10 heteroatoms. The lowest BCUT2D eigenvalue weighted by Gasteiger charge is -2.62. The van der Waals surface area contributed by atoms with Gasteiger partial charge in [-0.1, -0.05) is 0 Å². The van der Waals surface area contributed by atoms with Crippen LogP contribution in [0.1, 0.15) is 22.8 Å². The van der Waals surface area contributed by atoms with E-state index in [1.807, 2.05) is 9.80 Å². The zero-order chi connectivity index (χ0) is 18.5. The van der Waals surface area contributed by atoms with E-state index in [1.165, 1.54) is 36.2 Å². The van der Waals surface area contributed by atoms with E-state index in [9.17, 15) is 13.6 Å². The van der Waals surface area contributed by atoms with Crippen molar-refractivity contribution in [1.82, 2.24) is 20.4 Å². The second-order valence-corrected chi connectivity index (χ2v) is 6.44. The number of rotatable bonds is 4. The van der Waals surface area contributed by atoms with E-state index in [0.717, 1.165) is 6.92 Å². The summed E-state index contributed by atoms with van der Waals surface area (Å²) in [5.74, 6) is -2.54. The molecule has 4 rings (SSSR count). The fourth-order valence-corrected chi connectivity index (χ4v) is 3.25. The summed E-state index contributed by atoms with van der Waals surface area (Å²) in [6, 6.07) is 3.11. The van der Waals surface area contributed by atoms with Gasteiger partial charge in [0.1, 0.15) is 5.82 Å². The topological polar surface area (TPSA) is 94.5 Å². The van der Waals surface area contributed by atoms with E-state index in [1.54, 1.807) is 0 Å². The number of fused-ring (bicyclic) bond motifs is 1. The summed E-state index contributed by atoms with van der Waals surface area (Å²) >= 11 is 0. The van der Waals surface area contributed by atoms with Crippen molar-refractivity contribution in [3.8, 4) is 0 Å². The first-order valence-corrected chi connectivity index (χ1v) is 8.02. The number of anilines is 2. The van der Waals surface area contributed by atoms with E-state index in [2.05, 4.69) is 15.0 Å². The Morgan fingerprint density at radius 3 is 2.46 bits per heavy atom. The fraction of sp³-hybridized carbons (Fsp3) is 0.375. The number of amides is 1. The fourth-order valence-electron chi connectivity index (χ4n) is 3.25. The summed E-state index contributed by atoms with van der Waals surface area (Å²) < 4.78 is 27.0. The average molecular weight is 362 g/mol. The minimum atomic E-state index is -2.90. The molecule has 2 unspecified atom stereocenters. The molecular weight excluding hydrogens is 346 g/mol. The number of hydrogen-bond acceptors (Lipinski definition) is 7. The summed E-state index contributed by atoms with van der Waals surface area (Å²) in [5.41, 5.74) is 1.63. The molecule has 2 atom stereocenters. The molecule has 0 saturated carbocycles. The molecule has 8 nitrogen and oxygen atoms in total. The number of carbonyl (C=O) groups is 1. The van der Waals surface area contributed by atoms with Crippen molar-refractivity contribution < 1.29 is 18.8 Å². The molecule has 2 aliphatic heterocycles. The second-order valence-electron chi connectivity index (χ2n) is 6.44. The van der Waals surface area contributed by atoms with Gasteiger partial charge in [-0.15, -0.1) is 0 Å². The molecule has 136 valence electrons. The number of carbonyl (C=O) groups excluding carboxylic acids is 1. The Morgan fingerprint density at radius 1 is 1.23 bits per heavy atom. The van der Waals surface area contributed by atoms with E-state index in [4.69, 9.17) is 5.21 Å². The quantitative estimate of drug-likeness (QED) is 0.623. The molecule has 0 spiro atoms. The number of halogens is 2. The van der Waals surface area contributed by atoms with Crippen LogP contribution in [0, 0.1) is 0 Å². The van der Waals surface area contributed by atoms with Gasteiger partial charge in [-0.3, -0.25) is 10.0 Å². The molecule has 2 aromatic rings. The maximum Gasteiger partial charge on any atom is 0.277 e. The third-order valence-corrected chi connectivity index (χ3v) is 4.82. The van der Waals surface area contributed by atoms with Gasteiger partial charge < -0.3 is 9.80 Å². The molecule has 0 bridgehead atoms. The Kier molecular flexibility index (Phi) is 3.72. The van der Waals surface area contributed by atoms with Gasteiger partial charge in [0, 0.05) is 44.2 Å². The highest BCUT2D eigenvalue weighted by Crippen LogP contribution is 2.39. The largest absolute Gasteiger partial charge is 0.348 e. The molecule has 1 amide bonds. The number of piperazine rings is 1. The normalized spacial score (nSPS) is 21.5. The van der Waals surface area contributed by atoms with E-state index in [-0.39, 0.29) is 23.2 Å². The predicted molar refractivity (Wildman–Crippen MR) is 87.4 cm³/mol. The summed E-state index contributed by atoms with van der Waals surface area (Å²) in [5, 5.41) is 8.59. The summed E-state index contributed by atoms with van der Waals surface area (Å²) in [7, 11) is 0.